The summed E-state index contributed by atoms with van der Waals surface area (Å²) in [7, 11) is 0. The van der Waals surface area contributed by atoms with Gasteiger partial charge < -0.3 is 15.8 Å². The van der Waals surface area contributed by atoms with Crippen LogP contribution in [0.15, 0.2) is 24.3 Å². The van der Waals surface area contributed by atoms with Gasteiger partial charge in [0.15, 0.2) is 0 Å². The van der Waals surface area contributed by atoms with Crippen LogP contribution in [0.25, 0.3) is 0 Å². The number of amides is 2. The molecule has 1 rings (SSSR count). The minimum Gasteiger partial charge on any atom is -0.406 e. The van der Waals surface area contributed by atoms with E-state index in [0.29, 0.717) is 0 Å². The largest absolute Gasteiger partial charge is 0.573 e. The van der Waals surface area contributed by atoms with Crippen molar-refractivity contribution in [3.05, 3.63) is 29.8 Å². The van der Waals surface area contributed by atoms with Gasteiger partial charge in [-0.15, -0.1) is 13.2 Å². The van der Waals surface area contributed by atoms with Gasteiger partial charge in [-0.2, -0.15) is 0 Å². The lowest BCUT2D eigenvalue weighted by atomic mass is 10.2. The minimum absolute atomic E-state index is 0.0858. The molecule has 0 saturated heterocycles. The van der Waals surface area contributed by atoms with Crippen molar-refractivity contribution in [2.24, 2.45) is 5.73 Å². The summed E-state index contributed by atoms with van der Waals surface area (Å²) in [4.78, 5) is 22.3. The molecule has 0 bridgehead atoms. The van der Waals surface area contributed by atoms with Crippen molar-refractivity contribution >= 4 is 11.8 Å². The maximum absolute atomic E-state index is 11.9. The van der Waals surface area contributed by atoms with Gasteiger partial charge in [0.25, 0.3) is 5.91 Å². The van der Waals surface area contributed by atoms with Crippen LogP contribution in [0.2, 0.25) is 0 Å². The lowest BCUT2D eigenvalue weighted by molar-refractivity contribution is -0.274. The van der Waals surface area contributed by atoms with Gasteiger partial charge in [0, 0.05) is 5.56 Å². The SMILES string of the molecule is CC(NC(=O)c1ccc(OC(F)(F)F)cc1)C(N)=O. The Hall–Kier alpha value is -2.25. The van der Waals surface area contributed by atoms with Crippen LogP contribution < -0.4 is 15.8 Å². The fraction of sp³-hybridized carbons (Fsp3) is 0.273. The molecule has 8 heteroatoms. The number of hydrogen-bond acceptors (Lipinski definition) is 3. The zero-order valence-electron chi connectivity index (χ0n) is 9.82. The number of carbonyl (C=O) groups excluding carboxylic acids is 2. The van der Waals surface area contributed by atoms with Crippen molar-refractivity contribution in [3.8, 4) is 5.75 Å². The second-order valence-corrected chi connectivity index (χ2v) is 3.67. The predicted molar refractivity (Wildman–Crippen MR) is 59.2 cm³/mol. The van der Waals surface area contributed by atoms with E-state index < -0.39 is 30.0 Å². The Bertz CT molecular complexity index is 471. The summed E-state index contributed by atoms with van der Waals surface area (Å²) < 4.78 is 39.4. The summed E-state index contributed by atoms with van der Waals surface area (Å²) >= 11 is 0. The average Bonchev–Trinajstić information content (AvgIpc) is 2.27. The van der Waals surface area contributed by atoms with Crippen LogP contribution in [0.4, 0.5) is 13.2 Å². The number of primary amides is 1. The highest BCUT2D eigenvalue weighted by molar-refractivity contribution is 5.97. The molecule has 0 heterocycles. The molecule has 0 spiro atoms. The van der Waals surface area contributed by atoms with Crippen molar-refractivity contribution in [2.75, 3.05) is 0 Å². The van der Waals surface area contributed by atoms with Crippen molar-refractivity contribution < 1.29 is 27.5 Å². The normalized spacial score (nSPS) is 12.6. The Morgan fingerprint density at radius 2 is 1.79 bits per heavy atom. The topological polar surface area (TPSA) is 81.4 Å². The molecule has 19 heavy (non-hydrogen) atoms. The van der Waals surface area contributed by atoms with Crippen LogP contribution in [-0.2, 0) is 4.79 Å². The number of ether oxygens (including phenoxy) is 1. The number of alkyl halides is 3. The lowest BCUT2D eigenvalue weighted by Gasteiger charge is -2.11. The zero-order chi connectivity index (χ0) is 14.6. The lowest BCUT2D eigenvalue weighted by Crippen LogP contribution is -2.42. The highest BCUT2D eigenvalue weighted by Gasteiger charge is 2.31. The van der Waals surface area contributed by atoms with E-state index in [2.05, 4.69) is 10.1 Å². The molecule has 0 aliphatic rings. The molecule has 3 N–H and O–H groups in total. The van der Waals surface area contributed by atoms with Crippen LogP contribution in [0, 0.1) is 0 Å². The Morgan fingerprint density at radius 1 is 1.26 bits per heavy atom. The summed E-state index contributed by atoms with van der Waals surface area (Å²) in [5, 5.41) is 2.29. The third-order valence-corrected chi connectivity index (χ3v) is 2.12. The van der Waals surface area contributed by atoms with Gasteiger partial charge in [0.2, 0.25) is 5.91 Å². The molecule has 1 unspecified atom stereocenters. The number of halogens is 3. The number of hydrogen-bond donors (Lipinski definition) is 2. The molecular weight excluding hydrogens is 265 g/mol. The summed E-state index contributed by atoms with van der Waals surface area (Å²) in [5.74, 6) is -1.78. The Balaban J connectivity index is 2.71. The van der Waals surface area contributed by atoms with E-state index in [9.17, 15) is 22.8 Å². The molecule has 0 aliphatic heterocycles. The molecule has 1 atom stereocenters. The Labute approximate surface area is 106 Å². The van der Waals surface area contributed by atoms with E-state index >= 15 is 0 Å². The molecule has 0 radical (unpaired) electrons. The second-order valence-electron chi connectivity index (χ2n) is 3.67. The fourth-order valence-corrected chi connectivity index (χ4v) is 1.16. The summed E-state index contributed by atoms with van der Waals surface area (Å²) in [6.07, 6.45) is -4.79. The van der Waals surface area contributed by atoms with Gasteiger partial charge in [-0.3, -0.25) is 9.59 Å². The van der Waals surface area contributed by atoms with E-state index in [0.717, 1.165) is 24.3 Å². The van der Waals surface area contributed by atoms with Gasteiger partial charge in [-0.25, -0.2) is 0 Å². The summed E-state index contributed by atoms with van der Waals surface area (Å²) in [6.45, 7) is 1.39. The first-order chi connectivity index (χ1) is 8.69. The standard InChI is InChI=1S/C11H11F3N2O3/c1-6(9(15)17)16-10(18)7-2-4-8(5-3-7)19-11(12,13)14/h2-6H,1H3,(H2,15,17)(H,16,18). The average molecular weight is 276 g/mol. The van der Waals surface area contributed by atoms with Gasteiger partial charge in [-0.1, -0.05) is 0 Å². The first-order valence-corrected chi connectivity index (χ1v) is 5.15. The van der Waals surface area contributed by atoms with Gasteiger partial charge >= 0.3 is 6.36 Å². The first-order valence-electron chi connectivity index (χ1n) is 5.15. The van der Waals surface area contributed by atoms with Crippen molar-refractivity contribution in [3.63, 3.8) is 0 Å². The van der Waals surface area contributed by atoms with Crippen LogP contribution in [0.5, 0.6) is 5.75 Å². The Morgan fingerprint density at radius 3 is 2.21 bits per heavy atom. The highest BCUT2D eigenvalue weighted by atomic mass is 19.4. The third-order valence-electron chi connectivity index (χ3n) is 2.12. The van der Waals surface area contributed by atoms with E-state index in [1.807, 2.05) is 0 Å². The fourth-order valence-electron chi connectivity index (χ4n) is 1.16. The molecule has 0 aliphatic carbocycles. The monoisotopic (exact) mass is 276 g/mol. The van der Waals surface area contributed by atoms with Gasteiger partial charge in [0.05, 0.1) is 0 Å². The van der Waals surface area contributed by atoms with Crippen LogP contribution in [0.3, 0.4) is 0 Å². The third kappa shape index (κ3) is 4.86. The van der Waals surface area contributed by atoms with Crippen LogP contribution >= 0.6 is 0 Å². The molecule has 1 aromatic carbocycles. The second kappa shape index (κ2) is 5.59. The number of nitrogens with one attached hydrogen (secondary N) is 1. The van der Waals surface area contributed by atoms with Crippen LogP contribution in [-0.4, -0.2) is 24.2 Å². The number of rotatable bonds is 4. The Kier molecular flexibility index (Phi) is 4.36. The molecule has 0 fully saturated rings. The molecule has 2 amide bonds. The van der Waals surface area contributed by atoms with E-state index in [1.165, 1.54) is 6.92 Å². The van der Waals surface area contributed by atoms with E-state index in [4.69, 9.17) is 5.73 Å². The van der Waals surface area contributed by atoms with E-state index in [-0.39, 0.29) is 5.56 Å². The van der Waals surface area contributed by atoms with Crippen molar-refractivity contribution in [2.45, 2.75) is 19.3 Å². The zero-order valence-corrected chi connectivity index (χ0v) is 9.82. The smallest absolute Gasteiger partial charge is 0.406 e. The molecule has 0 aromatic heterocycles. The maximum Gasteiger partial charge on any atom is 0.573 e. The first kappa shape index (κ1) is 14.8. The van der Waals surface area contributed by atoms with Crippen molar-refractivity contribution in [1.82, 2.24) is 5.32 Å². The van der Waals surface area contributed by atoms with Crippen LogP contribution in [0.1, 0.15) is 17.3 Å². The maximum atomic E-state index is 11.9. The van der Waals surface area contributed by atoms with Crippen molar-refractivity contribution in [1.29, 1.82) is 0 Å². The molecule has 0 saturated carbocycles. The summed E-state index contributed by atoms with van der Waals surface area (Å²) in [5.41, 5.74) is 5.04. The molecule has 1 aromatic rings. The highest BCUT2D eigenvalue weighted by Crippen LogP contribution is 2.22. The molecular formula is C11H11F3N2O3. The van der Waals surface area contributed by atoms with Gasteiger partial charge in [-0.05, 0) is 31.2 Å². The van der Waals surface area contributed by atoms with E-state index in [1.54, 1.807) is 0 Å². The van der Waals surface area contributed by atoms with Gasteiger partial charge in [0.1, 0.15) is 11.8 Å². The quantitative estimate of drug-likeness (QED) is 0.866. The number of carbonyl (C=O) groups is 2. The predicted octanol–water partition coefficient (Wildman–Crippen LogP) is 1.19. The summed E-state index contributed by atoms with van der Waals surface area (Å²) in [6, 6.07) is 3.40. The number of benzene rings is 1. The molecule has 5 nitrogen and oxygen atoms in total. The molecule has 104 valence electrons. The minimum atomic E-state index is -4.79. The number of nitrogens with two attached hydrogens (primary N) is 1.